The van der Waals surface area contributed by atoms with Crippen molar-refractivity contribution < 1.29 is 0 Å². The SMILES string of the molecule is C=Cc1csc2nc(-c3ccncc3Cl)c(Nc3c(C)cccc3C)n12. The number of anilines is 2. The summed E-state index contributed by atoms with van der Waals surface area (Å²) >= 11 is 7.98. The molecular formula is C20H17ClN4S. The lowest BCUT2D eigenvalue weighted by molar-refractivity contribution is 1.19. The van der Waals surface area contributed by atoms with Gasteiger partial charge in [-0.25, -0.2) is 4.98 Å². The molecule has 1 N–H and O–H groups in total. The van der Waals surface area contributed by atoms with Crippen LogP contribution in [0.25, 0.3) is 22.3 Å². The van der Waals surface area contributed by atoms with E-state index in [9.17, 15) is 0 Å². The van der Waals surface area contributed by atoms with Gasteiger partial charge in [0.25, 0.3) is 0 Å². The van der Waals surface area contributed by atoms with Crippen LogP contribution in [0.1, 0.15) is 16.8 Å². The fourth-order valence-corrected chi connectivity index (χ4v) is 4.11. The summed E-state index contributed by atoms with van der Waals surface area (Å²) in [5, 5.41) is 6.22. The molecule has 0 fully saturated rings. The Morgan fingerprint density at radius 2 is 2.00 bits per heavy atom. The highest BCUT2D eigenvalue weighted by Gasteiger charge is 2.20. The van der Waals surface area contributed by atoms with Gasteiger partial charge >= 0.3 is 0 Å². The molecule has 0 unspecified atom stereocenters. The molecule has 3 aromatic heterocycles. The van der Waals surface area contributed by atoms with Crippen LogP contribution in [-0.2, 0) is 0 Å². The molecule has 0 saturated carbocycles. The van der Waals surface area contributed by atoms with Crippen LogP contribution in [-0.4, -0.2) is 14.4 Å². The fourth-order valence-electron chi connectivity index (χ4n) is 3.02. The molecule has 0 amide bonds. The van der Waals surface area contributed by atoms with E-state index in [1.54, 1.807) is 23.7 Å². The molecule has 0 radical (unpaired) electrons. The Balaban J connectivity index is 1.99. The molecule has 0 aliphatic heterocycles. The zero-order valence-electron chi connectivity index (χ0n) is 14.5. The summed E-state index contributed by atoms with van der Waals surface area (Å²) in [6.45, 7) is 8.11. The van der Waals surface area contributed by atoms with Gasteiger partial charge in [0.05, 0.1) is 10.7 Å². The van der Waals surface area contributed by atoms with Gasteiger partial charge in [0.2, 0.25) is 0 Å². The molecule has 6 heteroatoms. The van der Waals surface area contributed by atoms with E-state index in [0.29, 0.717) is 5.02 Å². The predicted molar refractivity (Wildman–Crippen MR) is 111 cm³/mol. The maximum absolute atomic E-state index is 6.41. The number of hydrogen-bond acceptors (Lipinski definition) is 4. The molecule has 3 heterocycles. The summed E-state index contributed by atoms with van der Waals surface area (Å²) < 4.78 is 2.08. The topological polar surface area (TPSA) is 42.2 Å². The average molecular weight is 381 g/mol. The average Bonchev–Trinajstić information content (AvgIpc) is 3.18. The minimum absolute atomic E-state index is 0.572. The van der Waals surface area contributed by atoms with Gasteiger partial charge in [0, 0.05) is 29.0 Å². The Kier molecular flexibility index (Phi) is 4.26. The third kappa shape index (κ3) is 2.69. The van der Waals surface area contributed by atoms with Crippen molar-refractivity contribution in [2.75, 3.05) is 5.32 Å². The van der Waals surface area contributed by atoms with Gasteiger partial charge < -0.3 is 5.32 Å². The highest BCUT2D eigenvalue weighted by Crippen LogP contribution is 2.38. The minimum Gasteiger partial charge on any atom is -0.339 e. The summed E-state index contributed by atoms with van der Waals surface area (Å²) in [7, 11) is 0. The molecule has 0 bridgehead atoms. The number of benzene rings is 1. The number of imidazole rings is 1. The maximum atomic E-state index is 6.41. The molecule has 0 saturated heterocycles. The number of nitrogens with one attached hydrogen (secondary N) is 1. The molecule has 4 aromatic rings. The summed E-state index contributed by atoms with van der Waals surface area (Å²) in [5.74, 6) is 0.877. The summed E-state index contributed by atoms with van der Waals surface area (Å²) in [6.07, 6.45) is 5.20. The lowest BCUT2D eigenvalue weighted by atomic mass is 10.1. The highest BCUT2D eigenvalue weighted by atomic mass is 35.5. The summed E-state index contributed by atoms with van der Waals surface area (Å²) in [4.78, 5) is 9.80. The molecule has 0 atom stereocenters. The fraction of sp³-hybridized carbons (Fsp3) is 0.100. The molecule has 26 heavy (non-hydrogen) atoms. The van der Waals surface area contributed by atoms with Gasteiger partial charge in [0.1, 0.15) is 11.5 Å². The summed E-state index contributed by atoms with van der Waals surface area (Å²) in [5.41, 5.74) is 6.05. The first-order valence-corrected chi connectivity index (χ1v) is 9.41. The van der Waals surface area contributed by atoms with Crippen LogP contribution >= 0.6 is 22.9 Å². The number of hydrogen-bond donors (Lipinski definition) is 1. The van der Waals surface area contributed by atoms with Crippen molar-refractivity contribution in [3.63, 3.8) is 0 Å². The van der Waals surface area contributed by atoms with E-state index in [2.05, 4.69) is 53.3 Å². The zero-order chi connectivity index (χ0) is 18.3. The van der Waals surface area contributed by atoms with E-state index in [1.165, 1.54) is 11.1 Å². The summed E-state index contributed by atoms with van der Waals surface area (Å²) in [6, 6.07) is 8.13. The van der Waals surface area contributed by atoms with Crippen LogP contribution in [0.3, 0.4) is 0 Å². The van der Waals surface area contributed by atoms with Crippen molar-refractivity contribution in [3.8, 4) is 11.3 Å². The van der Waals surface area contributed by atoms with Gasteiger partial charge in [-0.1, -0.05) is 36.4 Å². The lowest BCUT2D eigenvalue weighted by Gasteiger charge is -2.14. The Hall–Kier alpha value is -2.63. The van der Waals surface area contributed by atoms with Crippen LogP contribution in [0.15, 0.2) is 48.6 Å². The number of halogens is 1. The lowest BCUT2D eigenvalue weighted by Crippen LogP contribution is -2.01. The minimum atomic E-state index is 0.572. The first-order valence-electron chi connectivity index (χ1n) is 8.15. The van der Waals surface area contributed by atoms with Crippen molar-refractivity contribution in [3.05, 3.63) is 70.5 Å². The van der Waals surface area contributed by atoms with E-state index in [1.807, 2.05) is 17.5 Å². The maximum Gasteiger partial charge on any atom is 0.196 e. The Bertz CT molecular complexity index is 1110. The highest BCUT2D eigenvalue weighted by molar-refractivity contribution is 7.15. The molecule has 1 aromatic carbocycles. The quantitative estimate of drug-likeness (QED) is 0.464. The van der Waals surface area contributed by atoms with E-state index >= 15 is 0 Å². The van der Waals surface area contributed by atoms with Gasteiger partial charge in [-0.3, -0.25) is 9.38 Å². The Morgan fingerprint density at radius 3 is 2.69 bits per heavy atom. The molecular weight excluding hydrogens is 364 g/mol. The van der Waals surface area contributed by atoms with Crippen LogP contribution in [0.5, 0.6) is 0 Å². The van der Waals surface area contributed by atoms with Crippen LogP contribution in [0.4, 0.5) is 11.5 Å². The number of fused-ring (bicyclic) bond motifs is 1. The standard InChI is InChI=1S/C20H17ClN4S/c1-4-14-11-26-20-24-18(15-8-9-22-10-16(15)21)19(25(14)20)23-17-12(2)6-5-7-13(17)3/h4-11,23H,1H2,2-3H3. The number of para-hydroxylation sites is 1. The first-order chi connectivity index (χ1) is 12.6. The van der Waals surface area contributed by atoms with Crippen molar-refractivity contribution >= 4 is 45.5 Å². The van der Waals surface area contributed by atoms with Crippen LogP contribution < -0.4 is 5.32 Å². The van der Waals surface area contributed by atoms with E-state index in [-0.39, 0.29) is 0 Å². The number of nitrogens with zero attached hydrogens (tertiary/aromatic N) is 3. The van der Waals surface area contributed by atoms with E-state index in [0.717, 1.165) is 33.4 Å². The molecule has 0 spiro atoms. The van der Waals surface area contributed by atoms with Crippen molar-refractivity contribution in [1.82, 2.24) is 14.4 Å². The Morgan fingerprint density at radius 1 is 1.23 bits per heavy atom. The third-order valence-corrected chi connectivity index (χ3v) is 5.50. The monoisotopic (exact) mass is 380 g/mol. The van der Waals surface area contributed by atoms with Gasteiger partial charge in [-0.05, 0) is 37.1 Å². The van der Waals surface area contributed by atoms with Crippen LogP contribution in [0.2, 0.25) is 5.02 Å². The first kappa shape index (κ1) is 16.8. The van der Waals surface area contributed by atoms with Crippen LogP contribution in [0, 0.1) is 13.8 Å². The van der Waals surface area contributed by atoms with Crippen molar-refractivity contribution in [2.45, 2.75) is 13.8 Å². The molecule has 0 aliphatic carbocycles. The molecule has 0 aliphatic rings. The number of thiazole rings is 1. The van der Waals surface area contributed by atoms with E-state index < -0.39 is 0 Å². The van der Waals surface area contributed by atoms with Crippen molar-refractivity contribution in [2.24, 2.45) is 0 Å². The normalized spacial score (nSPS) is 11.0. The molecule has 4 rings (SSSR count). The number of rotatable bonds is 4. The largest absolute Gasteiger partial charge is 0.339 e. The second kappa shape index (κ2) is 6.59. The van der Waals surface area contributed by atoms with E-state index in [4.69, 9.17) is 16.6 Å². The third-order valence-electron chi connectivity index (χ3n) is 4.35. The molecule has 4 nitrogen and oxygen atoms in total. The Labute approximate surface area is 160 Å². The second-order valence-electron chi connectivity index (χ2n) is 6.04. The van der Waals surface area contributed by atoms with Gasteiger partial charge in [-0.2, -0.15) is 0 Å². The van der Waals surface area contributed by atoms with Gasteiger partial charge in [-0.15, -0.1) is 11.3 Å². The number of pyridine rings is 1. The smallest absolute Gasteiger partial charge is 0.196 e. The predicted octanol–water partition coefficient (Wildman–Crippen LogP) is 6.11. The van der Waals surface area contributed by atoms with Crippen molar-refractivity contribution in [1.29, 1.82) is 0 Å². The number of aryl methyl sites for hydroxylation is 2. The number of aromatic nitrogens is 3. The molecule has 130 valence electrons. The zero-order valence-corrected chi connectivity index (χ0v) is 16.0. The van der Waals surface area contributed by atoms with Gasteiger partial charge in [0.15, 0.2) is 4.96 Å². The second-order valence-corrected chi connectivity index (χ2v) is 7.28.